The molecule has 3 aromatic rings. The summed E-state index contributed by atoms with van der Waals surface area (Å²) in [5, 5.41) is 8.69. The molecule has 6 heteroatoms. The number of nitrogens with zero attached hydrogens (tertiary/aromatic N) is 1. The zero-order chi connectivity index (χ0) is 19.2. The fraction of sp³-hybridized carbons (Fsp3) is 0.238. The Hall–Kier alpha value is -2.02. The van der Waals surface area contributed by atoms with E-state index in [0.717, 1.165) is 22.2 Å². The standard InChI is InChI=1S/C21H22BrN3OS/c1-3-15-4-6-16(7-5-15)14(2)23-12-20(26)25-21-24-19(13-27-21)17-8-10-18(22)11-9-17/h4-11,13-14,23H,3,12H2,1-2H3,(H,24,25,26)/t14-/m1/s1. The summed E-state index contributed by atoms with van der Waals surface area (Å²) in [6, 6.07) is 16.5. The van der Waals surface area contributed by atoms with Gasteiger partial charge in [-0.15, -0.1) is 11.3 Å². The van der Waals surface area contributed by atoms with E-state index in [1.807, 2.05) is 29.6 Å². The number of hydrogen-bond acceptors (Lipinski definition) is 4. The van der Waals surface area contributed by atoms with Crippen molar-refractivity contribution in [2.45, 2.75) is 26.3 Å². The van der Waals surface area contributed by atoms with Crippen LogP contribution in [0.2, 0.25) is 0 Å². The number of thiazole rings is 1. The molecule has 0 spiro atoms. The van der Waals surface area contributed by atoms with Crippen molar-refractivity contribution < 1.29 is 4.79 Å². The van der Waals surface area contributed by atoms with E-state index < -0.39 is 0 Å². The quantitative estimate of drug-likeness (QED) is 0.512. The summed E-state index contributed by atoms with van der Waals surface area (Å²) < 4.78 is 1.03. The molecule has 1 heterocycles. The van der Waals surface area contributed by atoms with Crippen LogP contribution in [-0.4, -0.2) is 17.4 Å². The molecule has 27 heavy (non-hydrogen) atoms. The Morgan fingerprint density at radius 1 is 1.15 bits per heavy atom. The fourth-order valence-electron chi connectivity index (χ4n) is 2.65. The van der Waals surface area contributed by atoms with Crippen LogP contribution in [0.5, 0.6) is 0 Å². The summed E-state index contributed by atoms with van der Waals surface area (Å²) in [7, 11) is 0. The summed E-state index contributed by atoms with van der Waals surface area (Å²) in [5.74, 6) is -0.0938. The Bertz CT molecular complexity index is 891. The summed E-state index contributed by atoms with van der Waals surface area (Å²) in [6.45, 7) is 4.44. The molecule has 0 aliphatic carbocycles. The molecule has 0 saturated carbocycles. The fourth-order valence-corrected chi connectivity index (χ4v) is 3.65. The van der Waals surface area contributed by atoms with Gasteiger partial charge in [-0.05, 0) is 36.6 Å². The number of nitrogens with one attached hydrogen (secondary N) is 2. The summed E-state index contributed by atoms with van der Waals surface area (Å²) in [5.41, 5.74) is 4.37. The van der Waals surface area contributed by atoms with Gasteiger partial charge in [0.25, 0.3) is 0 Å². The van der Waals surface area contributed by atoms with Crippen LogP contribution in [0.1, 0.15) is 31.0 Å². The second kappa shape index (κ2) is 9.26. The van der Waals surface area contributed by atoms with Crippen molar-refractivity contribution in [1.82, 2.24) is 10.3 Å². The van der Waals surface area contributed by atoms with Crippen molar-refractivity contribution in [2.75, 3.05) is 11.9 Å². The van der Waals surface area contributed by atoms with Crippen LogP contribution in [0, 0.1) is 0 Å². The lowest BCUT2D eigenvalue weighted by Gasteiger charge is -2.14. The van der Waals surface area contributed by atoms with E-state index in [1.54, 1.807) is 0 Å². The van der Waals surface area contributed by atoms with E-state index in [-0.39, 0.29) is 18.5 Å². The molecule has 0 fully saturated rings. The topological polar surface area (TPSA) is 54.0 Å². The van der Waals surface area contributed by atoms with Crippen molar-refractivity contribution in [3.05, 3.63) is 69.5 Å². The molecule has 2 N–H and O–H groups in total. The molecule has 0 unspecified atom stereocenters. The second-order valence-corrected chi connectivity index (χ2v) is 8.06. The highest BCUT2D eigenvalue weighted by Gasteiger charge is 2.10. The number of hydrogen-bond donors (Lipinski definition) is 2. The van der Waals surface area contributed by atoms with Gasteiger partial charge in [0.2, 0.25) is 5.91 Å². The maximum absolute atomic E-state index is 12.2. The number of anilines is 1. The van der Waals surface area contributed by atoms with Crippen molar-refractivity contribution >= 4 is 38.3 Å². The highest BCUT2D eigenvalue weighted by atomic mass is 79.9. The van der Waals surface area contributed by atoms with Crippen molar-refractivity contribution in [1.29, 1.82) is 0 Å². The SMILES string of the molecule is CCc1ccc([C@@H](C)NCC(=O)Nc2nc(-c3ccc(Br)cc3)cs2)cc1. The molecule has 0 saturated heterocycles. The highest BCUT2D eigenvalue weighted by Crippen LogP contribution is 2.26. The van der Waals surface area contributed by atoms with Crippen LogP contribution in [0.25, 0.3) is 11.3 Å². The van der Waals surface area contributed by atoms with Crippen LogP contribution in [0.15, 0.2) is 58.4 Å². The lowest BCUT2D eigenvalue weighted by molar-refractivity contribution is -0.115. The molecule has 140 valence electrons. The van der Waals surface area contributed by atoms with E-state index in [0.29, 0.717) is 5.13 Å². The van der Waals surface area contributed by atoms with Gasteiger partial charge in [0.05, 0.1) is 12.2 Å². The van der Waals surface area contributed by atoms with Crippen LogP contribution in [-0.2, 0) is 11.2 Å². The van der Waals surface area contributed by atoms with Gasteiger partial charge in [-0.2, -0.15) is 0 Å². The number of carbonyl (C=O) groups is 1. The Labute approximate surface area is 172 Å². The maximum atomic E-state index is 12.2. The van der Waals surface area contributed by atoms with E-state index in [2.05, 4.69) is 69.7 Å². The van der Waals surface area contributed by atoms with E-state index >= 15 is 0 Å². The first-order valence-corrected chi connectivity index (χ1v) is 10.6. The summed E-state index contributed by atoms with van der Waals surface area (Å²) >= 11 is 4.86. The molecule has 1 amide bonds. The van der Waals surface area contributed by atoms with Gasteiger partial charge in [-0.1, -0.05) is 59.3 Å². The number of aryl methyl sites for hydroxylation is 1. The van der Waals surface area contributed by atoms with Crippen molar-refractivity contribution in [2.24, 2.45) is 0 Å². The van der Waals surface area contributed by atoms with Gasteiger partial charge < -0.3 is 10.6 Å². The molecular weight excluding hydrogens is 422 g/mol. The van der Waals surface area contributed by atoms with Gasteiger partial charge in [0, 0.05) is 21.5 Å². The number of amides is 1. The average Bonchev–Trinajstić information content (AvgIpc) is 3.15. The van der Waals surface area contributed by atoms with Crippen LogP contribution in [0.4, 0.5) is 5.13 Å². The van der Waals surface area contributed by atoms with Crippen molar-refractivity contribution in [3.8, 4) is 11.3 Å². The maximum Gasteiger partial charge on any atom is 0.240 e. The number of carbonyl (C=O) groups excluding carboxylic acids is 1. The molecule has 0 aliphatic rings. The van der Waals surface area contributed by atoms with Gasteiger partial charge >= 0.3 is 0 Å². The third-order valence-electron chi connectivity index (χ3n) is 4.35. The largest absolute Gasteiger partial charge is 0.302 e. The van der Waals surface area contributed by atoms with Gasteiger partial charge in [-0.3, -0.25) is 4.79 Å². The summed E-state index contributed by atoms with van der Waals surface area (Å²) in [6.07, 6.45) is 1.03. The predicted octanol–water partition coefficient (Wildman–Crippen LogP) is 5.42. The molecule has 4 nitrogen and oxygen atoms in total. The van der Waals surface area contributed by atoms with Gasteiger partial charge in [0.1, 0.15) is 0 Å². The molecule has 1 aromatic heterocycles. The third kappa shape index (κ3) is 5.48. The van der Waals surface area contributed by atoms with Crippen LogP contribution < -0.4 is 10.6 Å². The molecule has 1 atom stereocenters. The minimum absolute atomic E-state index is 0.0938. The highest BCUT2D eigenvalue weighted by molar-refractivity contribution is 9.10. The second-order valence-electron chi connectivity index (χ2n) is 6.29. The van der Waals surface area contributed by atoms with E-state index in [4.69, 9.17) is 0 Å². The predicted molar refractivity (Wildman–Crippen MR) is 116 cm³/mol. The zero-order valence-electron chi connectivity index (χ0n) is 15.3. The monoisotopic (exact) mass is 443 g/mol. The normalized spacial score (nSPS) is 12.0. The first-order valence-electron chi connectivity index (χ1n) is 8.88. The molecule has 0 aliphatic heterocycles. The lowest BCUT2D eigenvalue weighted by atomic mass is 10.1. The molecule has 2 aromatic carbocycles. The Balaban J connectivity index is 1.52. The van der Waals surface area contributed by atoms with Crippen LogP contribution in [0.3, 0.4) is 0 Å². The number of benzene rings is 2. The smallest absolute Gasteiger partial charge is 0.240 e. The zero-order valence-corrected chi connectivity index (χ0v) is 17.7. The van der Waals surface area contributed by atoms with Crippen LogP contribution >= 0.6 is 27.3 Å². The molecule has 3 rings (SSSR count). The average molecular weight is 444 g/mol. The van der Waals surface area contributed by atoms with E-state index in [9.17, 15) is 4.79 Å². The number of halogens is 1. The number of rotatable bonds is 7. The van der Waals surface area contributed by atoms with Crippen molar-refractivity contribution in [3.63, 3.8) is 0 Å². The Morgan fingerprint density at radius 3 is 2.52 bits per heavy atom. The molecule has 0 bridgehead atoms. The molecular formula is C21H22BrN3OS. The molecule has 0 radical (unpaired) electrons. The minimum atomic E-state index is -0.0938. The lowest BCUT2D eigenvalue weighted by Crippen LogP contribution is -2.30. The van der Waals surface area contributed by atoms with Gasteiger partial charge in [-0.25, -0.2) is 4.98 Å². The van der Waals surface area contributed by atoms with Gasteiger partial charge in [0.15, 0.2) is 5.13 Å². The number of aromatic nitrogens is 1. The third-order valence-corrected chi connectivity index (χ3v) is 5.63. The van der Waals surface area contributed by atoms with E-state index in [1.165, 1.54) is 22.5 Å². The summed E-state index contributed by atoms with van der Waals surface area (Å²) in [4.78, 5) is 16.7. The first kappa shape index (κ1) is 19.7. The first-order chi connectivity index (χ1) is 13.0. The Morgan fingerprint density at radius 2 is 1.85 bits per heavy atom. The minimum Gasteiger partial charge on any atom is -0.302 e. The Kier molecular flexibility index (Phi) is 6.77.